The summed E-state index contributed by atoms with van der Waals surface area (Å²) in [5.41, 5.74) is 10.7. The van der Waals surface area contributed by atoms with Crippen LogP contribution in [0.1, 0.15) is 27.0 Å². The zero-order chi connectivity index (χ0) is 18.4. The molecule has 26 heavy (non-hydrogen) atoms. The van der Waals surface area contributed by atoms with Gasteiger partial charge in [-0.05, 0) is 39.9 Å². The maximum atomic E-state index is 13.0. The van der Waals surface area contributed by atoms with E-state index >= 15 is 0 Å². The highest BCUT2D eigenvalue weighted by atomic mass is 19.1. The summed E-state index contributed by atoms with van der Waals surface area (Å²) in [6.45, 7) is 0.877. The SMILES string of the molecule is NC(=O)c1cccc(-c2ccc(CNCc3ccccc3CF)cc2)c1. The van der Waals surface area contributed by atoms with Crippen molar-refractivity contribution >= 4 is 5.91 Å². The quantitative estimate of drug-likeness (QED) is 0.672. The molecule has 0 aliphatic carbocycles. The van der Waals surface area contributed by atoms with Gasteiger partial charge < -0.3 is 11.1 Å². The van der Waals surface area contributed by atoms with E-state index in [4.69, 9.17) is 5.73 Å². The van der Waals surface area contributed by atoms with Gasteiger partial charge in [0.05, 0.1) is 0 Å². The van der Waals surface area contributed by atoms with Crippen LogP contribution in [0.15, 0.2) is 72.8 Å². The Kier molecular flexibility index (Phi) is 5.77. The smallest absolute Gasteiger partial charge is 0.248 e. The fourth-order valence-electron chi connectivity index (χ4n) is 2.87. The molecule has 0 fully saturated rings. The fraction of sp³-hybridized carbons (Fsp3) is 0.136. The normalized spacial score (nSPS) is 10.7. The van der Waals surface area contributed by atoms with Crippen molar-refractivity contribution in [3.05, 3.63) is 95.1 Å². The molecule has 0 saturated heterocycles. The van der Waals surface area contributed by atoms with Crippen LogP contribution in [0, 0.1) is 0 Å². The van der Waals surface area contributed by atoms with Gasteiger partial charge in [-0.1, -0.05) is 60.7 Å². The van der Waals surface area contributed by atoms with Gasteiger partial charge in [-0.15, -0.1) is 0 Å². The molecule has 0 aliphatic rings. The van der Waals surface area contributed by atoms with Crippen molar-refractivity contribution in [3.63, 3.8) is 0 Å². The standard InChI is InChI=1S/C22H21FN2O/c23-13-20-4-1-2-5-21(20)15-25-14-16-8-10-17(11-9-16)18-6-3-7-19(12-18)22(24)26/h1-12,25H,13-15H2,(H2,24,26). The molecule has 132 valence electrons. The maximum Gasteiger partial charge on any atom is 0.248 e. The fourth-order valence-corrected chi connectivity index (χ4v) is 2.87. The van der Waals surface area contributed by atoms with Gasteiger partial charge in [0.1, 0.15) is 6.67 Å². The van der Waals surface area contributed by atoms with Gasteiger partial charge in [0.25, 0.3) is 0 Å². The van der Waals surface area contributed by atoms with Gasteiger partial charge in [-0.25, -0.2) is 4.39 Å². The van der Waals surface area contributed by atoms with E-state index in [-0.39, 0.29) is 0 Å². The summed E-state index contributed by atoms with van der Waals surface area (Å²) in [6, 6.07) is 22.9. The largest absolute Gasteiger partial charge is 0.366 e. The van der Waals surface area contributed by atoms with Gasteiger partial charge in [0.15, 0.2) is 0 Å². The first-order valence-electron chi connectivity index (χ1n) is 8.50. The lowest BCUT2D eigenvalue weighted by Gasteiger charge is -2.09. The molecule has 3 nitrogen and oxygen atoms in total. The van der Waals surface area contributed by atoms with Gasteiger partial charge >= 0.3 is 0 Å². The summed E-state index contributed by atoms with van der Waals surface area (Å²) >= 11 is 0. The van der Waals surface area contributed by atoms with Gasteiger partial charge in [0.2, 0.25) is 5.91 Å². The topological polar surface area (TPSA) is 55.1 Å². The molecule has 1 amide bonds. The maximum absolute atomic E-state index is 13.0. The highest BCUT2D eigenvalue weighted by Crippen LogP contribution is 2.21. The number of carbonyl (C=O) groups is 1. The number of hydrogen-bond donors (Lipinski definition) is 2. The van der Waals surface area contributed by atoms with E-state index < -0.39 is 12.6 Å². The summed E-state index contributed by atoms with van der Waals surface area (Å²) < 4.78 is 13.0. The lowest BCUT2D eigenvalue weighted by molar-refractivity contribution is 0.100. The number of hydrogen-bond acceptors (Lipinski definition) is 2. The van der Waals surface area contributed by atoms with Gasteiger partial charge in [-0.3, -0.25) is 4.79 Å². The van der Waals surface area contributed by atoms with Gasteiger partial charge in [-0.2, -0.15) is 0 Å². The van der Waals surface area contributed by atoms with Crippen LogP contribution in [0.5, 0.6) is 0 Å². The molecule has 3 N–H and O–H groups in total. The molecule has 0 atom stereocenters. The van der Waals surface area contributed by atoms with Crippen molar-refractivity contribution < 1.29 is 9.18 Å². The average molecular weight is 348 g/mol. The number of alkyl halides is 1. The summed E-state index contributed by atoms with van der Waals surface area (Å²) in [5, 5.41) is 3.35. The van der Waals surface area contributed by atoms with Crippen LogP contribution in [0.25, 0.3) is 11.1 Å². The number of primary amides is 1. The Morgan fingerprint density at radius 3 is 2.27 bits per heavy atom. The molecule has 3 rings (SSSR count). The van der Waals surface area contributed by atoms with Crippen LogP contribution in [0.2, 0.25) is 0 Å². The first kappa shape index (κ1) is 17.8. The summed E-state index contributed by atoms with van der Waals surface area (Å²) in [5.74, 6) is -0.429. The molecular formula is C22H21FN2O. The number of carbonyl (C=O) groups excluding carboxylic acids is 1. The number of nitrogens with one attached hydrogen (secondary N) is 1. The molecule has 0 radical (unpaired) electrons. The summed E-state index contributed by atoms with van der Waals surface area (Å²) in [7, 11) is 0. The van der Waals surface area contributed by atoms with Crippen LogP contribution in [-0.4, -0.2) is 5.91 Å². The molecule has 0 heterocycles. The summed E-state index contributed by atoms with van der Waals surface area (Å²) in [6.07, 6.45) is 0. The number of rotatable bonds is 7. The third-order valence-electron chi connectivity index (χ3n) is 4.34. The molecule has 0 saturated carbocycles. The Morgan fingerprint density at radius 2 is 1.58 bits per heavy atom. The van der Waals surface area contributed by atoms with E-state index in [1.165, 1.54) is 0 Å². The van der Waals surface area contributed by atoms with Gasteiger partial charge in [0, 0.05) is 18.7 Å². The number of amides is 1. The van der Waals surface area contributed by atoms with E-state index in [0.29, 0.717) is 18.7 Å². The molecule has 0 spiro atoms. The molecule has 3 aromatic rings. The Labute approximate surface area is 152 Å². The zero-order valence-corrected chi connectivity index (χ0v) is 14.4. The number of benzene rings is 3. The number of halogens is 1. The Bertz CT molecular complexity index is 891. The molecule has 0 aromatic heterocycles. The first-order chi connectivity index (χ1) is 12.7. The minimum atomic E-state index is -0.448. The van der Waals surface area contributed by atoms with Crippen molar-refractivity contribution in [2.24, 2.45) is 5.73 Å². The highest BCUT2D eigenvalue weighted by molar-refractivity contribution is 5.94. The second-order valence-corrected chi connectivity index (χ2v) is 6.15. The van der Waals surface area contributed by atoms with Crippen molar-refractivity contribution in [3.8, 4) is 11.1 Å². The van der Waals surface area contributed by atoms with Crippen LogP contribution in [0.3, 0.4) is 0 Å². The van der Waals surface area contributed by atoms with E-state index in [0.717, 1.165) is 27.8 Å². The Morgan fingerprint density at radius 1 is 0.846 bits per heavy atom. The summed E-state index contributed by atoms with van der Waals surface area (Å²) in [4.78, 5) is 11.3. The number of nitrogens with two attached hydrogens (primary N) is 1. The predicted octanol–water partition coefficient (Wildman–Crippen LogP) is 4.21. The lowest BCUT2D eigenvalue weighted by Crippen LogP contribution is -2.13. The molecule has 0 aliphatic heterocycles. The minimum absolute atomic E-state index is 0.429. The Balaban J connectivity index is 1.63. The monoisotopic (exact) mass is 348 g/mol. The third-order valence-corrected chi connectivity index (χ3v) is 4.34. The van der Waals surface area contributed by atoms with E-state index in [1.54, 1.807) is 12.1 Å². The van der Waals surface area contributed by atoms with Crippen molar-refractivity contribution in [2.45, 2.75) is 19.8 Å². The Hall–Kier alpha value is -2.98. The molecule has 0 unspecified atom stereocenters. The first-order valence-corrected chi connectivity index (χ1v) is 8.50. The lowest BCUT2D eigenvalue weighted by atomic mass is 10.0. The second kappa shape index (κ2) is 8.41. The van der Waals surface area contributed by atoms with Crippen molar-refractivity contribution in [1.29, 1.82) is 0 Å². The second-order valence-electron chi connectivity index (χ2n) is 6.15. The van der Waals surface area contributed by atoms with E-state index in [2.05, 4.69) is 5.32 Å². The van der Waals surface area contributed by atoms with E-state index in [9.17, 15) is 9.18 Å². The highest BCUT2D eigenvalue weighted by Gasteiger charge is 2.04. The average Bonchev–Trinajstić information content (AvgIpc) is 2.69. The molecule has 0 bridgehead atoms. The minimum Gasteiger partial charge on any atom is -0.366 e. The van der Waals surface area contributed by atoms with Crippen LogP contribution in [-0.2, 0) is 19.8 Å². The van der Waals surface area contributed by atoms with Crippen LogP contribution < -0.4 is 11.1 Å². The third kappa shape index (κ3) is 4.35. The molecular weight excluding hydrogens is 327 g/mol. The van der Waals surface area contributed by atoms with E-state index in [1.807, 2.05) is 60.7 Å². The van der Waals surface area contributed by atoms with Crippen molar-refractivity contribution in [1.82, 2.24) is 5.32 Å². The van der Waals surface area contributed by atoms with Crippen LogP contribution in [0.4, 0.5) is 4.39 Å². The molecule has 3 aromatic carbocycles. The van der Waals surface area contributed by atoms with Crippen molar-refractivity contribution in [2.75, 3.05) is 0 Å². The van der Waals surface area contributed by atoms with Crippen LogP contribution >= 0.6 is 0 Å². The predicted molar refractivity (Wildman–Crippen MR) is 102 cm³/mol. The zero-order valence-electron chi connectivity index (χ0n) is 14.4. The molecule has 4 heteroatoms.